The van der Waals surface area contributed by atoms with Crippen molar-refractivity contribution in [2.24, 2.45) is 11.8 Å². The van der Waals surface area contributed by atoms with Gasteiger partial charge in [-0.2, -0.15) is 0 Å². The molecule has 0 aromatic heterocycles. The van der Waals surface area contributed by atoms with Crippen LogP contribution < -0.4 is 5.32 Å². The van der Waals surface area contributed by atoms with Gasteiger partial charge in [-0.05, 0) is 35.6 Å². The maximum atomic E-state index is 13.8. The molecule has 0 spiro atoms. The minimum absolute atomic E-state index is 0.0894. The van der Waals surface area contributed by atoms with Gasteiger partial charge in [0, 0.05) is 25.6 Å². The second-order valence-corrected chi connectivity index (χ2v) is 7.24. The quantitative estimate of drug-likeness (QED) is 0.933. The first-order chi connectivity index (χ1) is 12.1. The number of likely N-dealkylation sites (tertiary alicyclic amines) is 1. The van der Waals surface area contributed by atoms with Gasteiger partial charge in [-0.15, -0.1) is 0 Å². The summed E-state index contributed by atoms with van der Waals surface area (Å²) in [5.74, 6) is 0.809. The van der Waals surface area contributed by atoms with Crippen LogP contribution >= 0.6 is 0 Å². The molecule has 2 fully saturated rings. The fourth-order valence-corrected chi connectivity index (χ4v) is 4.28. The number of amides is 1. The zero-order valence-corrected chi connectivity index (χ0v) is 14.4. The third-order valence-electron chi connectivity index (χ3n) is 5.62. The molecule has 0 unspecified atom stereocenters. The zero-order chi connectivity index (χ0) is 17.4. The van der Waals surface area contributed by atoms with Crippen molar-refractivity contribution < 1.29 is 9.18 Å². The standard InChI is InChI=1S/C21H23FN2O/c1-14-7-8-15(9-19(14)22)10-20(25)24-13-17-11-23-12-18(17)21(24)16-5-3-2-4-6-16/h2-9,17-18,21,23H,10-13H2,1H3/t17-,18-,21-/m0/s1. The van der Waals surface area contributed by atoms with Crippen molar-refractivity contribution in [3.63, 3.8) is 0 Å². The van der Waals surface area contributed by atoms with Crippen LogP contribution in [0.4, 0.5) is 4.39 Å². The number of nitrogens with zero attached hydrogens (tertiary/aromatic N) is 1. The minimum atomic E-state index is -0.243. The number of carbonyl (C=O) groups is 1. The smallest absolute Gasteiger partial charge is 0.227 e. The first-order valence-electron chi connectivity index (χ1n) is 8.93. The molecule has 0 bridgehead atoms. The normalized spacial score (nSPS) is 25.2. The van der Waals surface area contributed by atoms with Gasteiger partial charge >= 0.3 is 0 Å². The van der Waals surface area contributed by atoms with Crippen LogP contribution in [0.5, 0.6) is 0 Å². The van der Waals surface area contributed by atoms with Crippen molar-refractivity contribution in [2.45, 2.75) is 19.4 Å². The van der Waals surface area contributed by atoms with E-state index in [0.29, 0.717) is 17.4 Å². The number of carbonyl (C=O) groups excluding carboxylic acids is 1. The lowest BCUT2D eigenvalue weighted by atomic mass is 9.89. The molecule has 2 heterocycles. The number of aryl methyl sites for hydroxylation is 1. The molecule has 130 valence electrons. The number of fused-ring (bicyclic) bond motifs is 1. The summed E-state index contributed by atoms with van der Waals surface area (Å²) >= 11 is 0. The van der Waals surface area contributed by atoms with E-state index >= 15 is 0 Å². The van der Waals surface area contributed by atoms with Gasteiger partial charge in [0.2, 0.25) is 5.91 Å². The molecule has 3 nitrogen and oxygen atoms in total. The molecule has 0 aliphatic carbocycles. The summed E-state index contributed by atoms with van der Waals surface area (Å²) in [6.45, 7) is 4.44. The minimum Gasteiger partial charge on any atom is -0.335 e. The largest absolute Gasteiger partial charge is 0.335 e. The summed E-state index contributed by atoms with van der Waals surface area (Å²) in [6.07, 6.45) is 0.257. The maximum absolute atomic E-state index is 13.8. The highest BCUT2D eigenvalue weighted by atomic mass is 19.1. The second kappa shape index (κ2) is 6.60. The van der Waals surface area contributed by atoms with Gasteiger partial charge < -0.3 is 10.2 Å². The molecule has 2 aliphatic rings. The number of hydrogen-bond acceptors (Lipinski definition) is 2. The monoisotopic (exact) mass is 338 g/mol. The van der Waals surface area contributed by atoms with Crippen molar-refractivity contribution >= 4 is 5.91 Å². The van der Waals surface area contributed by atoms with Crippen LogP contribution in [0.25, 0.3) is 0 Å². The molecule has 4 rings (SSSR count). The highest BCUT2D eigenvalue weighted by Crippen LogP contribution is 2.42. The van der Waals surface area contributed by atoms with Gasteiger partial charge in [0.25, 0.3) is 0 Å². The second-order valence-electron chi connectivity index (χ2n) is 7.24. The van der Waals surface area contributed by atoms with Crippen molar-refractivity contribution in [3.8, 4) is 0 Å². The Hall–Kier alpha value is -2.20. The molecule has 0 radical (unpaired) electrons. The van der Waals surface area contributed by atoms with E-state index in [0.717, 1.165) is 25.2 Å². The third-order valence-corrected chi connectivity index (χ3v) is 5.62. The van der Waals surface area contributed by atoms with E-state index < -0.39 is 0 Å². The number of halogens is 1. The fourth-order valence-electron chi connectivity index (χ4n) is 4.28. The summed E-state index contributed by atoms with van der Waals surface area (Å²) < 4.78 is 13.8. The van der Waals surface area contributed by atoms with Crippen LogP contribution in [0.2, 0.25) is 0 Å². The van der Waals surface area contributed by atoms with E-state index in [1.807, 2.05) is 29.2 Å². The summed E-state index contributed by atoms with van der Waals surface area (Å²) in [5, 5.41) is 3.46. The summed E-state index contributed by atoms with van der Waals surface area (Å²) in [7, 11) is 0. The summed E-state index contributed by atoms with van der Waals surface area (Å²) in [6, 6.07) is 15.5. The van der Waals surface area contributed by atoms with Crippen LogP contribution in [0.1, 0.15) is 22.7 Å². The van der Waals surface area contributed by atoms with E-state index in [1.54, 1.807) is 13.0 Å². The molecule has 1 amide bonds. The Balaban J connectivity index is 1.58. The van der Waals surface area contributed by atoms with E-state index in [1.165, 1.54) is 11.6 Å². The molecule has 2 aromatic rings. The van der Waals surface area contributed by atoms with E-state index in [4.69, 9.17) is 0 Å². The molecule has 4 heteroatoms. The predicted octanol–water partition coefficient (Wildman–Crippen LogP) is 3.10. The highest BCUT2D eigenvalue weighted by molar-refractivity contribution is 5.79. The Kier molecular flexibility index (Phi) is 4.30. The van der Waals surface area contributed by atoms with Crippen LogP contribution in [-0.2, 0) is 11.2 Å². The van der Waals surface area contributed by atoms with Gasteiger partial charge in [0.15, 0.2) is 0 Å². The van der Waals surface area contributed by atoms with Crippen molar-refractivity contribution in [3.05, 3.63) is 71.0 Å². The Morgan fingerprint density at radius 3 is 2.76 bits per heavy atom. The van der Waals surface area contributed by atoms with Crippen LogP contribution in [0.15, 0.2) is 48.5 Å². The molecule has 3 atom stereocenters. The molecule has 2 aromatic carbocycles. The average Bonchev–Trinajstić information content (AvgIpc) is 3.19. The SMILES string of the molecule is Cc1ccc(CC(=O)N2C[C@@H]3CNC[C@@H]3[C@@H]2c2ccccc2)cc1F. The topological polar surface area (TPSA) is 32.3 Å². The lowest BCUT2D eigenvalue weighted by Crippen LogP contribution is -2.35. The van der Waals surface area contributed by atoms with Gasteiger partial charge in [-0.1, -0.05) is 42.5 Å². The lowest BCUT2D eigenvalue weighted by Gasteiger charge is -2.28. The van der Waals surface area contributed by atoms with Crippen molar-refractivity contribution in [2.75, 3.05) is 19.6 Å². The first kappa shape index (κ1) is 16.3. The molecular weight excluding hydrogens is 315 g/mol. The molecular formula is C21H23FN2O. The number of hydrogen-bond donors (Lipinski definition) is 1. The van der Waals surface area contributed by atoms with Crippen LogP contribution in [-0.4, -0.2) is 30.4 Å². The molecule has 2 saturated heterocycles. The van der Waals surface area contributed by atoms with E-state index in [2.05, 4.69) is 17.4 Å². The summed E-state index contributed by atoms with van der Waals surface area (Å²) in [5.41, 5.74) is 2.55. The third kappa shape index (κ3) is 3.07. The van der Waals surface area contributed by atoms with Crippen LogP contribution in [0.3, 0.4) is 0 Å². The van der Waals surface area contributed by atoms with E-state index in [-0.39, 0.29) is 24.2 Å². The van der Waals surface area contributed by atoms with Crippen molar-refractivity contribution in [1.29, 1.82) is 0 Å². The summed E-state index contributed by atoms with van der Waals surface area (Å²) in [4.78, 5) is 15.0. The first-order valence-corrected chi connectivity index (χ1v) is 8.93. The maximum Gasteiger partial charge on any atom is 0.227 e. The van der Waals surface area contributed by atoms with Gasteiger partial charge in [-0.25, -0.2) is 4.39 Å². The lowest BCUT2D eigenvalue weighted by molar-refractivity contribution is -0.131. The number of rotatable bonds is 3. The Bertz CT molecular complexity index is 777. The van der Waals surface area contributed by atoms with Crippen molar-refractivity contribution in [1.82, 2.24) is 10.2 Å². The predicted molar refractivity (Wildman–Crippen MR) is 95.6 cm³/mol. The Morgan fingerprint density at radius 1 is 1.20 bits per heavy atom. The van der Waals surface area contributed by atoms with E-state index in [9.17, 15) is 9.18 Å². The number of nitrogens with one attached hydrogen (secondary N) is 1. The molecule has 0 saturated carbocycles. The molecule has 2 aliphatic heterocycles. The number of benzene rings is 2. The fraction of sp³-hybridized carbons (Fsp3) is 0.381. The Labute approximate surface area is 147 Å². The van der Waals surface area contributed by atoms with Gasteiger partial charge in [0.05, 0.1) is 12.5 Å². The average molecular weight is 338 g/mol. The Morgan fingerprint density at radius 2 is 2.00 bits per heavy atom. The zero-order valence-electron chi connectivity index (χ0n) is 14.4. The van der Waals surface area contributed by atoms with Gasteiger partial charge in [-0.3, -0.25) is 4.79 Å². The van der Waals surface area contributed by atoms with Crippen LogP contribution in [0, 0.1) is 24.6 Å². The molecule has 1 N–H and O–H groups in total. The molecule has 25 heavy (non-hydrogen) atoms. The highest BCUT2D eigenvalue weighted by Gasteiger charge is 2.46. The van der Waals surface area contributed by atoms with Gasteiger partial charge in [0.1, 0.15) is 5.82 Å².